The van der Waals surface area contributed by atoms with Crippen LogP contribution in [0, 0.1) is 6.92 Å². The summed E-state index contributed by atoms with van der Waals surface area (Å²) in [6, 6.07) is 17.9. The first kappa shape index (κ1) is 28.1. The van der Waals surface area contributed by atoms with Crippen molar-refractivity contribution in [3.05, 3.63) is 88.4 Å². The third-order valence-electron chi connectivity index (χ3n) is 6.57. The number of nitrogens with one attached hydrogen (secondary N) is 2. The Morgan fingerprint density at radius 2 is 1.74 bits per heavy atom. The number of carbonyl (C=O) groups is 3. The predicted molar refractivity (Wildman–Crippen MR) is 147 cm³/mol. The molecule has 204 valence electrons. The number of carbonyl (C=O) groups excluding carboxylic acids is 3. The molecule has 0 radical (unpaired) electrons. The van der Waals surface area contributed by atoms with Gasteiger partial charge in [-0.2, -0.15) is 0 Å². The maximum atomic E-state index is 15.9. The summed E-state index contributed by atoms with van der Waals surface area (Å²) in [5.41, 5.74) is 2.84. The van der Waals surface area contributed by atoms with Crippen LogP contribution in [0.15, 0.2) is 66.7 Å². The van der Waals surface area contributed by atoms with Crippen LogP contribution in [0.4, 0.5) is 20.6 Å². The number of hydrogen-bond acceptors (Lipinski definition) is 6. The molecule has 10 heteroatoms. The minimum absolute atomic E-state index is 0.0584. The number of ketones is 1. The first-order valence-electron chi connectivity index (χ1n) is 12.4. The number of nitrogens with zero attached hydrogens (tertiary/aromatic N) is 1. The maximum absolute atomic E-state index is 15.9. The number of likely N-dealkylation sites (tertiary alicyclic amines) is 1. The summed E-state index contributed by atoms with van der Waals surface area (Å²) in [6.07, 6.45) is 0.394. The van der Waals surface area contributed by atoms with Crippen LogP contribution in [0.25, 0.3) is 0 Å². The minimum atomic E-state index is -2.18. The van der Waals surface area contributed by atoms with Crippen molar-refractivity contribution in [2.75, 3.05) is 31.0 Å². The van der Waals surface area contributed by atoms with E-state index in [0.29, 0.717) is 41.2 Å². The summed E-state index contributed by atoms with van der Waals surface area (Å²) in [6.45, 7) is 2.12. The Labute approximate surface area is 231 Å². The summed E-state index contributed by atoms with van der Waals surface area (Å²) in [7, 11) is 1.30. The van der Waals surface area contributed by atoms with E-state index in [-0.39, 0.29) is 24.6 Å². The van der Waals surface area contributed by atoms with Gasteiger partial charge in [0.15, 0.2) is 5.78 Å². The number of urea groups is 1. The first-order chi connectivity index (χ1) is 18.7. The predicted octanol–water partition coefficient (Wildman–Crippen LogP) is 5.99. The normalized spacial score (nSPS) is 16.9. The number of hydrogen-bond donors (Lipinski definition) is 2. The van der Waals surface area contributed by atoms with Crippen molar-refractivity contribution in [2.45, 2.75) is 32.0 Å². The number of rotatable bonds is 9. The second-order valence-corrected chi connectivity index (χ2v) is 9.63. The van der Waals surface area contributed by atoms with E-state index in [1.165, 1.54) is 12.0 Å². The molecule has 2 N–H and O–H groups in total. The average Bonchev–Trinajstić information content (AvgIpc) is 3.31. The average molecular weight is 554 g/mol. The van der Waals surface area contributed by atoms with Crippen LogP contribution in [0.3, 0.4) is 0 Å². The van der Waals surface area contributed by atoms with Crippen molar-refractivity contribution in [3.63, 3.8) is 0 Å². The fourth-order valence-electron chi connectivity index (χ4n) is 4.36. The number of ether oxygens (including phenoxy) is 2. The van der Waals surface area contributed by atoms with Gasteiger partial charge in [-0.05, 0) is 66.9 Å². The highest BCUT2D eigenvalue weighted by Crippen LogP contribution is 2.34. The molecule has 0 aliphatic carbocycles. The molecule has 1 aliphatic rings. The Hall–Kier alpha value is -3.95. The Morgan fingerprint density at radius 1 is 1.03 bits per heavy atom. The summed E-state index contributed by atoms with van der Waals surface area (Å²) in [5.74, 6) is -2.81. The molecule has 1 aliphatic heterocycles. The molecule has 0 spiro atoms. The van der Waals surface area contributed by atoms with E-state index < -0.39 is 23.6 Å². The zero-order valence-electron chi connectivity index (χ0n) is 21.6. The van der Waals surface area contributed by atoms with Crippen LogP contribution in [-0.4, -0.2) is 48.9 Å². The van der Waals surface area contributed by atoms with Gasteiger partial charge in [0.2, 0.25) is 5.79 Å². The van der Waals surface area contributed by atoms with Crippen molar-refractivity contribution in [1.82, 2.24) is 4.90 Å². The molecular weight excluding hydrogens is 525 g/mol. The number of esters is 1. The highest BCUT2D eigenvalue weighted by atomic mass is 35.5. The standard InChI is InChI=1S/C29H29ClFN3O5/c1-19-6-3-4-7-24(19)32-28(37)33-25-13-8-20(16-23(25)30)17-26(35)29(31)14-5-15-34(29)18-39-22-11-9-21(10-12-22)27(36)38-2/h3-4,6-13,16H,5,14-15,17-18H2,1-2H3,(H2,32,33,37). The molecule has 1 heterocycles. The Bertz CT molecular complexity index is 1370. The fourth-order valence-corrected chi connectivity index (χ4v) is 4.61. The van der Waals surface area contributed by atoms with Crippen LogP contribution < -0.4 is 15.4 Å². The van der Waals surface area contributed by atoms with E-state index in [9.17, 15) is 14.4 Å². The van der Waals surface area contributed by atoms with Crippen LogP contribution in [-0.2, 0) is 16.0 Å². The Kier molecular flexibility index (Phi) is 8.83. The lowest BCUT2D eigenvalue weighted by atomic mass is 9.99. The molecule has 0 aromatic heterocycles. The van der Waals surface area contributed by atoms with Gasteiger partial charge in [0.1, 0.15) is 12.5 Å². The Balaban J connectivity index is 1.35. The lowest BCUT2D eigenvalue weighted by Crippen LogP contribution is -2.49. The number of para-hydroxylation sites is 1. The lowest BCUT2D eigenvalue weighted by Gasteiger charge is -2.29. The molecule has 0 bridgehead atoms. The van der Waals surface area contributed by atoms with Crippen LogP contribution in [0.2, 0.25) is 5.02 Å². The number of anilines is 2. The van der Waals surface area contributed by atoms with Gasteiger partial charge in [0.25, 0.3) is 0 Å². The molecule has 1 fully saturated rings. The van der Waals surface area contributed by atoms with Gasteiger partial charge in [-0.25, -0.2) is 18.9 Å². The number of halogens is 2. The van der Waals surface area contributed by atoms with Gasteiger partial charge in [-0.3, -0.25) is 4.79 Å². The van der Waals surface area contributed by atoms with Gasteiger partial charge < -0.3 is 20.1 Å². The molecule has 3 aromatic carbocycles. The van der Waals surface area contributed by atoms with E-state index >= 15 is 4.39 Å². The molecule has 3 aromatic rings. The monoisotopic (exact) mass is 553 g/mol. The number of alkyl halides is 1. The summed E-state index contributed by atoms with van der Waals surface area (Å²) >= 11 is 6.36. The van der Waals surface area contributed by atoms with Gasteiger partial charge in [-0.15, -0.1) is 0 Å². The van der Waals surface area contributed by atoms with Crippen molar-refractivity contribution in [3.8, 4) is 5.75 Å². The molecule has 39 heavy (non-hydrogen) atoms. The Morgan fingerprint density at radius 3 is 2.44 bits per heavy atom. The smallest absolute Gasteiger partial charge is 0.337 e. The fraction of sp³-hybridized carbons (Fsp3) is 0.276. The molecule has 8 nitrogen and oxygen atoms in total. The van der Waals surface area contributed by atoms with Crippen LogP contribution in [0.1, 0.15) is 34.3 Å². The zero-order chi connectivity index (χ0) is 28.0. The second-order valence-electron chi connectivity index (χ2n) is 9.22. The number of methoxy groups -OCH3 is 1. The zero-order valence-corrected chi connectivity index (χ0v) is 22.4. The molecule has 2 amide bonds. The van der Waals surface area contributed by atoms with E-state index in [2.05, 4.69) is 15.4 Å². The number of amides is 2. The summed E-state index contributed by atoms with van der Waals surface area (Å²) in [5, 5.41) is 5.68. The van der Waals surface area contributed by atoms with Gasteiger partial charge in [0.05, 0.1) is 23.4 Å². The van der Waals surface area contributed by atoms with E-state index in [4.69, 9.17) is 16.3 Å². The lowest BCUT2D eigenvalue weighted by molar-refractivity contribution is -0.144. The van der Waals surface area contributed by atoms with Crippen molar-refractivity contribution in [1.29, 1.82) is 0 Å². The van der Waals surface area contributed by atoms with E-state index in [0.717, 1.165) is 5.56 Å². The SMILES string of the molecule is COC(=O)c1ccc(OCN2CCCC2(F)C(=O)Cc2ccc(NC(=O)Nc3ccccc3C)c(Cl)c2)cc1. The highest BCUT2D eigenvalue weighted by molar-refractivity contribution is 6.34. The number of aryl methyl sites for hydroxylation is 1. The maximum Gasteiger partial charge on any atom is 0.337 e. The minimum Gasteiger partial charge on any atom is -0.478 e. The number of Topliss-reactive ketones (excluding diaryl/α,β-unsaturated/α-hetero) is 1. The summed E-state index contributed by atoms with van der Waals surface area (Å²) < 4.78 is 26.3. The number of benzene rings is 3. The summed E-state index contributed by atoms with van der Waals surface area (Å²) in [4.78, 5) is 38.4. The molecule has 4 rings (SSSR count). The largest absolute Gasteiger partial charge is 0.478 e. The van der Waals surface area contributed by atoms with Crippen molar-refractivity contribution >= 4 is 40.8 Å². The van der Waals surface area contributed by atoms with Crippen LogP contribution >= 0.6 is 11.6 Å². The molecule has 0 saturated carbocycles. The van der Waals surface area contributed by atoms with Crippen molar-refractivity contribution < 1.29 is 28.2 Å². The first-order valence-corrected chi connectivity index (χ1v) is 12.8. The molecule has 1 saturated heterocycles. The third kappa shape index (κ3) is 6.74. The van der Waals surface area contributed by atoms with Crippen molar-refractivity contribution in [2.24, 2.45) is 0 Å². The van der Waals surface area contributed by atoms with Crippen LogP contribution in [0.5, 0.6) is 5.75 Å². The van der Waals surface area contributed by atoms with Gasteiger partial charge in [0, 0.05) is 25.1 Å². The molecule has 1 atom stereocenters. The van der Waals surface area contributed by atoms with Gasteiger partial charge >= 0.3 is 12.0 Å². The highest BCUT2D eigenvalue weighted by Gasteiger charge is 2.47. The second kappa shape index (κ2) is 12.3. The van der Waals surface area contributed by atoms with E-state index in [1.54, 1.807) is 48.5 Å². The topological polar surface area (TPSA) is 97.0 Å². The third-order valence-corrected chi connectivity index (χ3v) is 6.88. The van der Waals surface area contributed by atoms with Gasteiger partial charge in [-0.1, -0.05) is 35.9 Å². The molecular formula is C29H29ClFN3O5. The molecule has 1 unspecified atom stereocenters. The van der Waals surface area contributed by atoms with E-state index in [1.807, 2.05) is 25.1 Å². The quantitative estimate of drug-likeness (QED) is 0.250.